The number of hydrogen-bond acceptors (Lipinski definition) is 3. The first-order chi connectivity index (χ1) is 9.13. The molecule has 2 rings (SSSR count). The summed E-state index contributed by atoms with van der Waals surface area (Å²) in [6.45, 7) is 2.80. The molecule has 1 aliphatic rings. The van der Waals surface area contributed by atoms with E-state index in [0.717, 1.165) is 30.6 Å². The van der Waals surface area contributed by atoms with Gasteiger partial charge in [0.25, 0.3) is 0 Å². The van der Waals surface area contributed by atoms with Crippen LogP contribution in [0.1, 0.15) is 35.4 Å². The fourth-order valence-electron chi connectivity index (χ4n) is 2.55. The number of amides is 1. The average molecular weight is 279 g/mol. The second-order valence-corrected chi connectivity index (χ2v) is 6.68. The normalized spacial score (nSPS) is 18.0. The second-order valence-electron chi connectivity index (χ2n) is 5.36. The maximum Gasteiger partial charge on any atom is 0.244 e. The van der Waals surface area contributed by atoms with Crippen molar-refractivity contribution in [3.05, 3.63) is 28.0 Å². The quantitative estimate of drug-likeness (QED) is 0.814. The predicted octanol–water partition coefficient (Wildman–Crippen LogP) is 2.74. The number of aliphatic hydroxyl groups is 1. The zero-order valence-corrected chi connectivity index (χ0v) is 12.1. The molecule has 0 saturated heterocycles. The van der Waals surface area contributed by atoms with Gasteiger partial charge in [0.2, 0.25) is 5.91 Å². The summed E-state index contributed by atoms with van der Waals surface area (Å²) >= 11 is 1.67. The van der Waals surface area contributed by atoms with Gasteiger partial charge in [0, 0.05) is 27.8 Å². The summed E-state index contributed by atoms with van der Waals surface area (Å²) in [5.41, 5.74) is -0.0803. The van der Waals surface area contributed by atoms with Gasteiger partial charge in [-0.25, -0.2) is 0 Å². The highest BCUT2D eigenvalue weighted by Crippen LogP contribution is 2.36. The number of rotatable bonds is 5. The van der Waals surface area contributed by atoms with Gasteiger partial charge in [-0.15, -0.1) is 11.3 Å². The Morgan fingerprint density at radius 2 is 2.21 bits per heavy atom. The van der Waals surface area contributed by atoms with Gasteiger partial charge in [-0.3, -0.25) is 4.79 Å². The van der Waals surface area contributed by atoms with Crippen molar-refractivity contribution in [1.29, 1.82) is 0 Å². The lowest BCUT2D eigenvalue weighted by molar-refractivity contribution is -0.117. The van der Waals surface area contributed by atoms with Gasteiger partial charge in [-0.05, 0) is 38.0 Å². The number of carbonyl (C=O) groups excluding carboxylic acids is 1. The summed E-state index contributed by atoms with van der Waals surface area (Å²) in [5, 5.41) is 12.4. The van der Waals surface area contributed by atoms with Crippen LogP contribution in [-0.4, -0.2) is 24.2 Å². The van der Waals surface area contributed by atoms with Crippen LogP contribution < -0.4 is 5.32 Å². The number of aryl methyl sites for hydroxylation is 1. The minimum absolute atomic E-state index is 0.0780. The van der Waals surface area contributed by atoms with E-state index in [1.807, 2.05) is 25.1 Å². The Hall–Kier alpha value is -1.13. The van der Waals surface area contributed by atoms with Gasteiger partial charge >= 0.3 is 0 Å². The van der Waals surface area contributed by atoms with E-state index in [9.17, 15) is 9.90 Å². The highest BCUT2D eigenvalue weighted by molar-refractivity contribution is 7.12. The third-order valence-electron chi connectivity index (χ3n) is 3.80. The highest BCUT2D eigenvalue weighted by atomic mass is 32.1. The lowest BCUT2D eigenvalue weighted by atomic mass is 9.87. The van der Waals surface area contributed by atoms with Crippen molar-refractivity contribution in [1.82, 2.24) is 5.32 Å². The third-order valence-corrected chi connectivity index (χ3v) is 4.76. The van der Waals surface area contributed by atoms with E-state index in [1.165, 1.54) is 4.88 Å². The molecule has 1 heterocycles. The van der Waals surface area contributed by atoms with Gasteiger partial charge < -0.3 is 10.4 Å². The first-order valence-electron chi connectivity index (χ1n) is 6.77. The third kappa shape index (κ3) is 3.91. The topological polar surface area (TPSA) is 49.3 Å². The van der Waals surface area contributed by atoms with Gasteiger partial charge in [-0.1, -0.05) is 12.8 Å². The Labute approximate surface area is 118 Å². The fraction of sp³-hybridized carbons (Fsp3) is 0.533. The molecule has 4 heteroatoms. The highest BCUT2D eigenvalue weighted by Gasteiger charge is 2.33. The lowest BCUT2D eigenvalue weighted by Crippen LogP contribution is -2.37. The Balaban J connectivity index is 1.83. The molecule has 0 atom stereocenters. The molecule has 2 N–H and O–H groups in total. The van der Waals surface area contributed by atoms with E-state index in [0.29, 0.717) is 6.54 Å². The van der Waals surface area contributed by atoms with E-state index in [1.54, 1.807) is 17.4 Å². The molecule has 0 bridgehead atoms. The molecule has 0 radical (unpaired) electrons. The summed E-state index contributed by atoms with van der Waals surface area (Å²) in [4.78, 5) is 14.1. The molecule has 0 aromatic carbocycles. The number of carbonyl (C=O) groups is 1. The van der Waals surface area contributed by atoms with Crippen LogP contribution in [0.4, 0.5) is 0 Å². The molecular weight excluding hydrogens is 258 g/mol. The van der Waals surface area contributed by atoms with Crippen LogP contribution in [0, 0.1) is 12.3 Å². The summed E-state index contributed by atoms with van der Waals surface area (Å²) in [6.07, 6.45) is 7.75. The molecule has 104 valence electrons. The molecule has 0 spiro atoms. The molecule has 3 nitrogen and oxygen atoms in total. The van der Waals surface area contributed by atoms with E-state index in [-0.39, 0.29) is 17.9 Å². The molecule has 0 aliphatic heterocycles. The smallest absolute Gasteiger partial charge is 0.244 e. The largest absolute Gasteiger partial charge is 0.396 e. The zero-order valence-electron chi connectivity index (χ0n) is 11.3. The molecule has 1 aromatic heterocycles. The Morgan fingerprint density at radius 1 is 1.47 bits per heavy atom. The monoisotopic (exact) mass is 279 g/mol. The molecule has 0 unspecified atom stereocenters. The Kier molecular flexibility index (Phi) is 4.77. The van der Waals surface area contributed by atoms with Crippen molar-refractivity contribution in [2.45, 2.75) is 32.6 Å². The van der Waals surface area contributed by atoms with Crippen molar-refractivity contribution in [2.24, 2.45) is 5.41 Å². The van der Waals surface area contributed by atoms with E-state index in [2.05, 4.69) is 5.32 Å². The predicted molar refractivity (Wildman–Crippen MR) is 79.1 cm³/mol. The first kappa shape index (κ1) is 14.3. The van der Waals surface area contributed by atoms with E-state index < -0.39 is 0 Å². The van der Waals surface area contributed by atoms with Crippen molar-refractivity contribution in [2.75, 3.05) is 13.2 Å². The van der Waals surface area contributed by atoms with Crippen LogP contribution in [0.3, 0.4) is 0 Å². The summed E-state index contributed by atoms with van der Waals surface area (Å²) in [7, 11) is 0. The number of aliphatic hydroxyl groups excluding tert-OH is 1. The number of thiophene rings is 1. The second kappa shape index (κ2) is 6.35. The molecule has 1 aromatic rings. The van der Waals surface area contributed by atoms with Crippen molar-refractivity contribution >= 4 is 23.3 Å². The average Bonchev–Trinajstić information content (AvgIpc) is 3.04. The van der Waals surface area contributed by atoms with Gasteiger partial charge in [0.15, 0.2) is 0 Å². The maximum absolute atomic E-state index is 11.8. The molecule has 1 saturated carbocycles. The first-order valence-corrected chi connectivity index (χ1v) is 7.58. The molecular formula is C15H21NO2S. The van der Waals surface area contributed by atoms with Crippen molar-refractivity contribution in [3.63, 3.8) is 0 Å². The van der Waals surface area contributed by atoms with Crippen LogP contribution in [0.5, 0.6) is 0 Å². The molecule has 19 heavy (non-hydrogen) atoms. The standard InChI is InChI=1S/C15H21NO2S/c1-12-4-5-13(19-12)6-7-14(18)16-10-15(11-17)8-2-3-9-15/h4-7,17H,2-3,8-11H2,1H3,(H,16,18)/b7-6+. The summed E-state index contributed by atoms with van der Waals surface area (Å²) in [6, 6.07) is 4.05. The Morgan fingerprint density at radius 3 is 2.79 bits per heavy atom. The van der Waals surface area contributed by atoms with Crippen LogP contribution in [0.25, 0.3) is 6.08 Å². The fourth-order valence-corrected chi connectivity index (χ4v) is 3.33. The van der Waals surface area contributed by atoms with Gasteiger partial charge in [0.05, 0.1) is 6.61 Å². The SMILES string of the molecule is Cc1ccc(/C=C/C(=O)NCC2(CO)CCCC2)s1. The van der Waals surface area contributed by atoms with Gasteiger partial charge in [0.1, 0.15) is 0 Å². The molecule has 1 amide bonds. The number of nitrogens with one attached hydrogen (secondary N) is 1. The summed E-state index contributed by atoms with van der Waals surface area (Å²) < 4.78 is 0. The van der Waals surface area contributed by atoms with Gasteiger partial charge in [-0.2, -0.15) is 0 Å². The maximum atomic E-state index is 11.8. The summed E-state index contributed by atoms with van der Waals surface area (Å²) in [5.74, 6) is -0.0780. The Bertz CT molecular complexity index is 458. The van der Waals surface area contributed by atoms with Crippen LogP contribution in [0.2, 0.25) is 0 Å². The van der Waals surface area contributed by atoms with E-state index >= 15 is 0 Å². The molecule has 1 aliphatic carbocycles. The lowest BCUT2D eigenvalue weighted by Gasteiger charge is -2.26. The zero-order chi connectivity index (χ0) is 13.7. The molecule has 1 fully saturated rings. The van der Waals surface area contributed by atoms with Crippen LogP contribution >= 0.6 is 11.3 Å². The van der Waals surface area contributed by atoms with E-state index in [4.69, 9.17) is 0 Å². The van der Waals surface area contributed by atoms with Crippen molar-refractivity contribution in [3.8, 4) is 0 Å². The minimum Gasteiger partial charge on any atom is -0.396 e. The van der Waals surface area contributed by atoms with Crippen molar-refractivity contribution < 1.29 is 9.90 Å². The number of hydrogen-bond donors (Lipinski definition) is 2. The van der Waals surface area contributed by atoms with Crippen LogP contribution in [-0.2, 0) is 4.79 Å². The van der Waals surface area contributed by atoms with Crippen LogP contribution in [0.15, 0.2) is 18.2 Å². The minimum atomic E-state index is -0.0803.